The number of ether oxygens (including phenoxy) is 8. The maximum atomic E-state index is 14.7. The number of urea groups is 4. The standard InChI is InChI=1S/C60H72N8O20/c1-5-9-29-81-57(77)85-49-17-13-41(37-69)33-45(49)61-53(73)65-21-23-66(54(74)62-46-34-42(38-70)14-18-50(46)86-58(78)82-30-10-6-2)25-27-68(56(76)64-48-36-44(40-72)16-20-52(48)88-60(80)84-32-12-8-4)28-26-67(24-22-65)55(75)63-47-35-43(39-71)15-19-51(47)87-59(79)83-31-11-7-3/h13-20,33-40H,5-12,21-32H2,1-4H3,(H,61,73)(H,62,74)(H,63,75)(H,64,76). The van der Waals surface area contributed by atoms with Crippen LogP contribution in [0.15, 0.2) is 72.8 Å². The van der Waals surface area contributed by atoms with Crippen LogP contribution in [0.2, 0.25) is 0 Å². The third-order valence-electron chi connectivity index (χ3n) is 12.9. The molecule has 0 aliphatic carbocycles. The Bertz CT molecular complexity index is 2680. The highest BCUT2D eigenvalue weighted by Crippen LogP contribution is 2.31. The van der Waals surface area contributed by atoms with Crippen LogP contribution in [0.25, 0.3) is 0 Å². The fourth-order valence-electron chi connectivity index (χ4n) is 7.91. The topological polar surface area (TPSA) is 340 Å². The van der Waals surface area contributed by atoms with Gasteiger partial charge in [-0.2, -0.15) is 0 Å². The number of hydrogen-bond acceptors (Lipinski definition) is 20. The molecule has 1 heterocycles. The molecule has 5 rings (SSSR count). The largest absolute Gasteiger partial charge is 0.513 e. The average molecular weight is 1230 g/mol. The van der Waals surface area contributed by atoms with E-state index in [0.29, 0.717) is 76.5 Å². The lowest BCUT2D eigenvalue weighted by Crippen LogP contribution is -2.52. The van der Waals surface area contributed by atoms with Gasteiger partial charge in [-0.1, -0.05) is 53.4 Å². The Balaban J connectivity index is 1.59. The van der Waals surface area contributed by atoms with Crippen molar-refractivity contribution in [2.24, 2.45) is 0 Å². The number of rotatable bonds is 24. The molecule has 28 nitrogen and oxygen atoms in total. The number of hydrogen-bond donors (Lipinski definition) is 4. The predicted octanol–water partition coefficient (Wildman–Crippen LogP) is 10.6. The van der Waals surface area contributed by atoms with E-state index in [1.807, 2.05) is 27.7 Å². The monoisotopic (exact) mass is 1220 g/mol. The smallest absolute Gasteiger partial charge is 0.434 e. The summed E-state index contributed by atoms with van der Waals surface area (Å²) in [7, 11) is 0. The van der Waals surface area contributed by atoms with Crippen molar-refractivity contribution in [3.05, 3.63) is 95.1 Å². The third-order valence-corrected chi connectivity index (χ3v) is 12.9. The Morgan fingerprint density at radius 3 is 0.705 bits per heavy atom. The number of aldehydes is 4. The first-order valence-electron chi connectivity index (χ1n) is 28.5. The summed E-state index contributed by atoms with van der Waals surface area (Å²) >= 11 is 0. The first-order valence-corrected chi connectivity index (χ1v) is 28.5. The van der Waals surface area contributed by atoms with Crippen LogP contribution < -0.4 is 40.2 Å². The summed E-state index contributed by atoms with van der Waals surface area (Å²) in [5.41, 5.74) is -0.393. The molecule has 0 bridgehead atoms. The van der Waals surface area contributed by atoms with E-state index in [1.165, 1.54) is 92.4 Å². The van der Waals surface area contributed by atoms with Crippen molar-refractivity contribution in [3.8, 4) is 23.0 Å². The highest BCUT2D eigenvalue weighted by atomic mass is 16.7. The van der Waals surface area contributed by atoms with E-state index in [4.69, 9.17) is 37.9 Å². The average Bonchev–Trinajstić information content (AvgIpc) is 3.27. The van der Waals surface area contributed by atoms with E-state index >= 15 is 0 Å². The molecule has 1 fully saturated rings. The van der Waals surface area contributed by atoms with Crippen LogP contribution in [0, 0.1) is 0 Å². The summed E-state index contributed by atoms with van der Waals surface area (Å²) in [6, 6.07) is 11.6. The summed E-state index contributed by atoms with van der Waals surface area (Å²) < 4.78 is 42.4. The highest BCUT2D eigenvalue weighted by Gasteiger charge is 2.29. The molecule has 0 spiro atoms. The molecule has 28 heteroatoms. The lowest BCUT2D eigenvalue weighted by atomic mass is 10.2. The molecule has 0 aromatic heterocycles. The molecule has 1 aliphatic rings. The molecule has 4 N–H and O–H groups in total. The second kappa shape index (κ2) is 36.5. The van der Waals surface area contributed by atoms with Gasteiger partial charge in [0.25, 0.3) is 0 Å². The second-order valence-corrected chi connectivity index (χ2v) is 19.4. The highest BCUT2D eigenvalue weighted by molar-refractivity contribution is 5.97. The SMILES string of the molecule is CCCCOC(=O)Oc1ccc(C=O)cc1NC(=O)N1CCN(C(=O)Nc2cc(C=O)ccc2OC(=O)OCCCC)CCN(C(=O)Nc2cc(C=O)ccc2OC(=O)OCCCC)CCN(C(=O)Nc2cc(C=O)ccc2OC(=O)OCCCC)CC1. The Morgan fingerprint density at radius 1 is 0.341 bits per heavy atom. The molecule has 1 saturated heterocycles. The Hall–Kier alpha value is -10.3. The fraction of sp³-hybridized carbons (Fsp3) is 0.400. The maximum absolute atomic E-state index is 14.7. The molecule has 0 radical (unpaired) electrons. The molecule has 0 saturated carbocycles. The van der Waals surface area contributed by atoms with Gasteiger partial charge in [0.1, 0.15) is 25.1 Å². The van der Waals surface area contributed by atoms with E-state index in [9.17, 15) is 57.5 Å². The molecular weight excluding hydrogens is 1150 g/mol. The van der Waals surface area contributed by atoms with Gasteiger partial charge in [-0.05, 0) is 98.5 Å². The second-order valence-electron chi connectivity index (χ2n) is 19.4. The van der Waals surface area contributed by atoms with Crippen molar-refractivity contribution in [2.75, 3.05) is 100 Å². The van der Waals surface area contributed by atoms with Crippen LogP contribution >= 0.6 is 0 Å². The van der Waals surface area contributed by atoms with Crippen LogP contribution in [-0.4, -0.2) is 172 Å². The van der Waals surface area contributed by atoms with E-state index in [-0.39, 0.29) is 147 Å². The minimum absolute atomic E-state index is 0.0289. The van der Waals surface area contributed by atoms with Gasteiger partial charge in [-0.15, -0.1) is 0 Å². The third kappa shape index (κ3) is 22.3. The first-order chi connectivity index (χ1) is 42.5. The van der Waals surface area contributed by atoms with Gasteiger partial charge in [-0.25, -0.2) is 38.4 Å². The molecule has 472 valence electrons. The summed E-state index contributed by atoms with van der Waals surface area (Å²) in [6.07, 6.45) is 2.46. The van der Waals surface area contributed by atoms with E-state index in [1.54, 1.807) is 0 Å². The molecule has 1 aliphatic heterocycles. The van der Waals surface area contributed by atoms with E-state index < -0.39 is 48.7 Å². The number of anilines is 4. The minimum Gasteiger partial charge on any atom is -0.434 e. The van der Waals surface area contributed by atoms with Crippen LogP contribution in [0.5, 0.6) is 23.0 Å². The van der Waals surface area contributed by atoms with E-state index in [0.717, 1.165) is 0 Å². The number of nitrogens with one attached hydrogen (secondary N) is 4. The molecule has 88 heavy (non-hydrogen) atoms. The van der Waals surface area contributed by atoms with Crippen molar-refractivity contribution in [2.45, 2.75) is 79.1 Å². The molecule has 8 amide bonds. The number of carbonyl (C=O) groups is 12. The van der Waals surface area contributed by atoms with Gasteiger partial charge in [0, 0.05) is 74.6 Å². The zero-order chi connectivity index (χ0) is 63.8. The van der Waals surface area contributed by atoms with Crippen molar-refractivity contribution in [3.63, 3.8) is 0 Å². The number of carbonyl (C=O) groups excluding carboxylic acids is 12. The van der Waals surface area contributed by atoms with Gasteiger partial charge in [0.05, 0.1) is 49.2 Å². The van der Waals surface area contributed by atoms with Gasteiger partial charge in [0.2, 0.25) is 0 Å². The first kappa shape index (κ1) is 68.5. The zero-order valence-electron chi connectivity index (χ0n) is 49.3. The van der Waals surface area contributed by atoms with Crippen LogP contribution in [0.1, 0.15) is 120 Å². The number of unbranched alkanes of at least 4 members (excludes halogenated alkanes) is 4. The summed E-state index contributed by atoms with van der Waals surface area (Å²) in [6.45, 7) is 4.64. The molecule has 4 aromatic rings. The van der Waals surface area contributed by atoms with Gasteiger partial charge >= 0.3 is 48.7 Å². The Labute approximate surface area is 507 Å². The Morgan fingerprint density at radius 2 is 0.534 bits per heavy atom. The molecule has 0 atom stereocenters. The van der Waals surface area contributed by atoms with Gasteiger partial charge in [0.15, 0.2) is 23.0 Å². The zero-order valence-corrected chi connectivity index (χ0v) is 49.3. The van der Waals surface area contributed by atoms with Gasteiger partial charge in [-0.3, -0.25) is 19.2 Å². The molecular formula is C60H72N8O20. The quantitative estimate of drug-likeness (QED) is 0.0166. The van der Waals surface area contributed by atoms with Crippen LogP contribution in [-0.2, 0) is 18.9 Å². The number of benzene rings is 4. The predicted molar refractivity (Wildman–Crippen MR) is 317 cm³/mol. The van der Waals surface area contributed by atoms with Crippen molar-refractivity contribution in [1.29, 1.82) is 0 Å². The molecule has 0 unspecified atom stereocenters. The minimum atomic E-state index is -1.10. The fourth-order valence-corrected chi connectivity index (χ4v) is 7.91. The molecule has 4 aromatic carbocycles. The van der Waals surface area contributed by atoms with Crippen molar-refractivity contribution >= 4 is 96.6 Å². The lowest BCUT2D eigenvalue weighted by Gasteiger charge is -2.34. The summed E-state index contributed by atoms with van der Waals surface area (Å²) in [4.78, 5) is 163. The van der Waals surface area contributed by atoms with Gasteiger partial charge < -0.3 is 78.8 Å². The summed E-state index contributed by atoms with van der Waals surface area (Å²) in [5.74, 6) is -0.858. The Kier molecular flexibility index (Phi) is 28.4. The lowest BCUT2D eigenvalue weighted by molar-refractivity contribution is 0.0969. The number of nitrogens with zero attached hydrogens (tertiary/aromatic N) is 4. The van der Waals surface area contributed by atoms with Crippen molar-refractivity contribution in [1.82, 2.24) is 19.6 Å². The van der Waals surface area contributed by atoms with Crippen LogP contribution in [0.3, 0.4) is 0 Å². The normalized spacial score (nSPS) is 12.5. The van der Waals surface area contributed by atoms with Crippen LogP contribution in [0.4, 0.5) is 61.1 Å². The van der Waals surface area contributed by atoms with Crippen molar-refractivity contribution < 1.29 is 95.4 Å². The summed E-state index contributed by atoms with van der Waals surface area (Å²) in [5, 5.41) is 10.6. The van der Waals surface area contributed by atoms with E-state index in [2.05, 4.69) is 21.3 Å². The maximum Gasteiger partial charge on any atom is 0.513 e. The number of amides is 8.